The number of rotatable bonds is 9. The summed E-state index contributed by atoms with van der Waals surface area (Å²) in [5, 5.41) is 3.33. The Morgan fingerprint density at radius 3 is 2.83 bits per heavy atom. The molecule has 0 aliphatic heterocycles. The molecule has 3 heteroatoms. The quantitative estimate of drug-likeness (QED) is 0.683. The molecule has 0 bridgehead atoms. The van der Waals surface area contributed by atoms with Gasteiger partial charge in [-0.3, -0.25) is 4.90 Å². The van der Waals surface area contributed by atoms with E-state index in [4.69, 9.17) is 4.42 Å². The van der Waals surface area contributed by atoms with Crippen LogP contribution in [0.25, 0.3) is 0 Å². The fourth-order valence-electron chi connectivity index (χ4n) is 2.05. The maximum absolute atomic E-state index is 5.82. The minimum Gasteiger partial charge on any atom is -0.465 e. The number of furan rings is 1. The van der Waals surface area contributed by atoms with Crippen molar-refractivity contribution in [3.05, 3.63) is 35.8 Å². The van der Waals surface area contributed by atoms with Gasteiger partial charge in [0, 0.05) is 18.7 Å². The van der Waals surface area contributed by atoms with Crippen LogP contribution in [-0.2, 0) is 13.1 Å². The zero-order valence-electron chi connectivity index (χ0n) is 12.0. The van der Waals surface area contributed by atoms with E-state index in [1.807, 2.05) is 13.0 Å². The smallest absolute Gasteiger partial charge is 0.118 e. The van der Waals surface area contributed by atoms with Gasteiger partial charge in [-0.2, -0.15) is 0 Å². The molecule has 0 radical (unpaired) electrons. The van der Waals surface area contributed by atoms with Crippen LogP contribution in [0.5, 0.6) is 0 Å². The van der Waals surface area contributed by atoms with Gasteiger partial charge in [-0.05, 0) is 32.5 Å². The normalized spacial score (nSPS) is 11.1. The minimum atomic E-state index is 0.868. The number of nitrogens with zero attached hydrogens (tertiary/aromatic N) is 1. The molecule has 3 nitrogen and oxygen atoms in total. The Labute approximate surface area is 111 Å². The van der Waals surface area contributed by atoms with Crippen LogP contribution in [0.3, 0.4) is 0 Å². The van der Waals surface area contributed by atoms with E-state index < -0.39 is 0 Å². The third-order valence-electron chi connectivity index (χ3n) is 2.94. The number of aryl methyl sites for hydroxylation is 1. The highest BCUT2D eigenvalue weighted by atomic mass is 16.3. The zero-order chi connectivity index (χ0) is 13.4. The van der Waals surface area contributed by atoms with E-state index in [2.05, 4.69) is 36.7 Å². The fraction of sp³-hybridized carbons (Fsp3) is 0.600. The van der Waals surface area contributed by atoms with Gasteiger partial charge in [0.05, 0.1) is 6.54 Å². The summed E-state index contributed by atoms with van der Waals surface area (Å²) >= 11 is 0. The molecular weight excluding hydrogens is 224 g/mol. The van der Waals surface area contributed by atoms with Crippen LogP contribution in [-0.4, -0.2) is 24.5 Å². The van der Waals surface area contributed by atoms with E-state index in [-0.39, 0.29) is 0 Å². The van der Waals surface area contributed by atoms with Crippen molar-refractivity contribution in [1.29, 1.82) is 0 Å². The maximum atomic E-state index is 5.82. The molecule has 18 heavy (non-hydrogen) atoms. The first kappa shape index (κ1) is 15.0. The Bertz CT molecular complexity index is 357. The average molecular weight is 250 g/mol. The average Bonchev–Trinajstić information content (AvgIpc) is 2.67. The van der Waals surface area contributed by atoms with Crippen LogP contribution >= 0.6 is 0 Å². The standard InChI is InChI=1S/C15H26N2O/c1-5-8-17(9-6-2)12-15-10-14(11-16-7-3)13(4)18-15/h5,10,16H,1,6-9,11-12H2,2-4H3. The molecular formula is C15H26N2O. The van der Waals surface area contributed by atoms with E-state index in [9.17, 15) is 0 Å². The lowest BCUT2D eigenvalue weighted by molar-refractivity contribution is 0.266. The summed E-state index contributed by atoms with van der Waals surface area (Å²) in [6.45, 7) is 14.9. The second-order valence-electron chi connectivity index (χ2n) is 4.60. The van der Waals surface area contributed by atoms with Gasteiger partial charge < -0.3 is 9.73 Å². The van der Waals surface area contributed by atoms with Crippen molar-refractivity contribution in [2.45, 2.75) is 40.3 Å². The van der Waals surface area contributed by atoms with Crippen LogP contribution in [0.15, 0.2) is 23.1 Å². The molecule has 0 spiro atoms. The van der Waals surface area contributed by atoms with Gasteiger partial charge in [0.25, 0.3) is 0 Å². The van der Waals surface area contributed by atoms with Crippen LogP contribution in [0.1, 0.15) is 37.4 Å². The molecule has 0 aliphatic rings. The summed E-state index contributed by atoms with van der Waals surface area (Å²) in [5.74, 6) is 2.08. The molecule has 1 heterocycles. The van der Waals surface area contributed by atoms with Gasteiger partial charge in [-0.25, -0.2) is 0 Å². The molecule has 1 rings (SSSR count). The van der Waals surface area contributed by atoms with Gasteiger partial charge in [0.15, 0.2) is 0 Å². The van der Waals surface area contributed by atoms with Crippen LogP contribution in [0.4, 0.5) is 0 Å². The van der Waals surface area contributed by atoms with Crippen molar-refractivity contribution in [1.82, 2.24) is 10.2 Å². The first-order chi connectivity index (χ1) is 8.71. The second kappa shape index (κ2) is 8.11. The Morgan fingerprint density at radius 1 is 1.44 bits per heavy atom. The summed E-state index contributed by atoms with van der Waals surface area (Å²) in [6.07, 6.45) is 3.10. The Balaban J connectivity index is 2.62. The molecule has 1 aromatic heterocycles. The lowest BCUT2D eigenvalue weighted by atomic mass is 10.2. The Hall–Kier alpha value is -1.06. The molecule has 102 valence electrons. The fourth-order valence-corrected chi connectivity index (χ4v) is 2.05. The maximum Gasteiger partial charge on any atom is 0.118 e. The van der Waals surface area contributed by atoms with E-state index >= 15 is 0 Å². The van der Waals surface area contributed by atoms with Crippen molar-refractivity contribution in [3.63, 3.8) is 0 Å². The SMILES string of the molecule is C=CCN(CCC)Cc1cc(CNCC)c(C)o1. The van der Waals surface area contributed by atoms with Gasteiger partial charge >= 0.3 is 0 Å². The van der Waals surface area contributed by atoms with Crippen molar-refractivity contribution in [2.24, 2.45) is 0 Å². The predicted molar refractivity (Wildman–Crippen MR) is 76.6 cm³/mol. The molecule has 0 aliphatic carbocycles. The third-order valence-corrected chi connectivity index (χ3v) is 2.94. The molecule has 0 saturated carbocycles. The van der Waals surface area contributed by atoms with E-state index in [0.717, 1.165) is 50.7 Å². The summed E-state index contributed by atoms with van der Waals surface area (Å²) in [6, 6.07) is 2.17. The van der Waals surface area contributed by atoms with Crippen LogP contribution < -0.4 is 5.32 Å². The van der Waals surface area contributed by atoms with Crippen LogP contribution in [0.2, 0.25) is 0 Å². The molecule has 0 aromatic carbocycles. The highest BCUT2D eigenvalue weighted by molar-refractivity contribution is 5.20. The summed E-state index contributed by atoms with van der Waals surface area (Å²) in [7, 11) is 0. The molecule has 1 aromatic rings. The highest BCUT2D eigenvalue weighted by Crippen LogP contribution is 2.16. The van der Waals surface area contributed by atoms with E-state index in [1.54, 1.807) is 0 Å². The predicted octanol–water partition coefficient (Wildman–Crippen LogP) is 3.10. The first-order valence-electron chi connectivity index (χ1n) is 6.83. The molecule has 0 saturated heterocycles. The monoisotopic (exact) mass is 250 g/mol. The number of hydrogen-bond donors (Lipinski definition) is 1. The summed E-state index contributed by atoms with van der Waals surface area (Å²) < 4.78 is 5.82. The van der Waals surface area contributed by atoms with Crippen molar-refractivity contribution < 1.29 is 4.42 Å². The lowest BCUT2D eigenvalue weighted by Crippen LogP contribution is -2.23. The van der Waals surface area contributed by atoms with Gasteiger partial charge in [-0.1, -0.05) is 19.9 Å². The van der Waals surface area contributed by atoms with Gasteiger partial charge in [-0.15, -0.1) is 6.58 Å². The Morgan fingerprint density at radius 2 is 2.22 bits per heavy atom. The number of nitrogens with one attached hydrogen (secondary N) is 1. The largest absolute Gasteiger partial charge is 0.465 e. The molecule has 1 N–H and O–H groups in total. The second-order valence-corrected chi connectivity index (χ2v) is 4.60. The van der Waals surface area contributed by atoms with E-state index in [0.29, 0.717) is 0 Å². The molecule has 0 fully saturated rings. The lowest BCUT2D eigenvalue weighted by Gasteiger charge is -2.17. The molecule has 0 unspecified atom stereocenters. The Kier molecular flexibility index (Phi) is 6.76. The van der Waals surface area contributed by atoms with Gasteiger partial charge in [0.2, 0.25) is 0 Å². The third kappa shape index (κ3) is 4.67. The molecule has 0 amide bonds. The summed E-state index contributed by atoms with van der Waals surface area (Å²) in [4.78, 5) is 2.35. The molecule has 0 atom stereocenters. The number of hydrogen-bond acceptors (Lipinski definition) is 3. The zero-order valence-corrected chi connectivity index (χ0v) is 12.0. The van der Waals surface area contributed by atoms with Crippen molar-refractivity contribution in [2.75, 3.05) is 19.6 Å². The van der Waals surface area contributed by atoms with Crippen molar-refractivity contribution >= 4 is 0 Å². The summed E-state index contributed by atoms with van der Waals surface area (Å²) in [5.41, 5.74) is 1.27. The first-order valence-corrected chi connectivity index (χ1v) is 6.83. The highest BCUT2D eigenvalue weighted by Gasteiger charge is 2.10. The van der Waals surface area contributed by atoms with Crippen molar-refractivity contribution in [3.8, 4) is 0 Å². The minimum absolute atomic E-state index is 0.868. The van der Waals surface area contributed by atoms with E-state index in [1.165, 1.54) is 5.56 Å². The topological polar surface area (TPSA) is 28.4 Å². The van der Waals surface area contributed by atoms with Gasteiger partial charge in [0.1, 0.15) is 11.5 Å². The van der Waals surface area contributed by atoms with Crippen LogP contribution in [0, 0.1) is 6.92 Å².